The fourth-order valence-electron chi connectivity index (χ4n) is 3.61. The molecule has 7 nitrogen and oxygen atoms in total. The van der Waals surface area contributed by atoms with Gasteiger partial charge in [0, 0.05) is 11.3 Å². The van der Waals surface area contributed by atoms with Gasteiger partial charge in [-0.2, -0.15) is 0 Å². The summed E-state index contributed by atoms with van der Waals surface area (Å²) in [4.78, 5) is 37.1. The summed E-state index contributed by atoms with van der Waals surface area (Å²) in [5, 5.41) is 2.91. The molecule has 2 aliphatic heterocycles. The molecule has 0 saturated carbocycles. The Bertz CT molecular complexity index is 1090. The molecule has 0 bridgehead atoms. The normalized spacial score (nSPS) is 18.0. The number of thioether (sulfide) groups is 1. The van der Waals surface area contributed by atoms with Gasteiger partial charge in [0.25, 0.3) is 5.91 Å². The fraction of sp³-hybridized carbons (Fsp3) is 0.333. The number of hydrogen-bond donors (Lipinski definition) is 1. The third kappa shape index (κ3) is 4.41. The molecule has 1 N–H and O–H groups in total. The van der Waals surface area contributed by atoms with Crippen molar-refractivity contribution < 1.29 is 14.3 Å². The number of hydrogen-bond acceptors (Lipinski definition) is 6. The number of aliphatic imine (C=N–C) groups is 2. The molecule has 2 heterocycles. The molecule has 2 atom stereocenters. The highest BCUT2D eigenvalue weighted by molar-refractivity contribution is 8.15. The van der Waals surface area contributed by atoms with E-state index in [4.69, 9.17) is 14.7 Å². The summed E-state index contributed by atoms with van der Waals surface area (Å²) in [7, 11) is 1.60. The monoisotopic (exact) mass is 450 g/mol. The first-order valence-electron chi connectivity index (χ1n) is 10.6. The number of amides is 2. The van der Waals surface area contributed by atoms with E-state index in [2.05, 4.69) is 19.2 Å². The molecule has 2 amide bonds. The van der Waals surface area contributed by atoms with Crippen LogP contribution in [0.4, 0.5) is 11.4 Å². The van der Waals surface area contributed by atoms with E-state index >= 15 is 0 Å². The summed E-state index contributed by atoms with van der Waals surface area (Å²) in [6.07, 6.45) is 0.673. The van der Waals surface area contributed by atoms with Gasteiger partial charge in [-0.25, -0.2) is 9.89 Å². The molecule has 2 aromatic rings. The Hall–Kier alpha value is -3.13. The topological polar surface area (TPSA) is 83.4 Å². The number of carbonyl (C=O) groups excluding carboxylic acids is 2. The van der Waals surface area contributed by atoms with Gasteiger partial charge >= 0.3 is 0 Å². The van der Waals surface area contributed by atoms with Gasteiger partial charge in [-0.15, -0.1) is 0 Å². The van der Waals surface area contributed by atoms with Crippen LogP contribution < -0.4 is 10.1 Å². The first kappa shape index (κ1) is 22.1. The number of ether oxygens (including phenoxy) is 1. The van der Waals surface area contributed by atoms with Crippen LogP contribution in [-0.4, -0.2) is 46.1 Å². The highest BCUT2D eigenvalue weighted by atomic mass is 32.2. The van der Waals surface area contributed by atoms with Crippen LogP contribution >= 0.6 is 11.8 Å². The van der Waals surface area contributed by atoms with Crippen LogP contribution in [0.5, 0.6) is 5.75 Å². The molecular weight excluding hydrogens is 424 g/mol. The van der Waals surface area contributed by atoms with Gasteiger partial charge < -0.3 is 10.1 Å². The number of rotatable bonds is 6. The lowest BCUT2D eigenvalue weighted by Crippen LogP contribution is -2.42. The lowest BCUT2D eigenvalue weighted by molar-refractivity contribution is -0.125. The van der Waals surface area contributed by atoms with Crippen molar-refractivity contribution in [3.05, 3.63) is 54.1 Å². The average Bonchev–Trinajstić information content (AvgIpc) is 3.10. The molecule has 32 heavy (non-hydrogen) atoms. The van der Waals surface area contributed by atoms with Crippen molar-refractivity contribution in [3.8, 4) is 5.75 Å². The number of anilines is 1. The molecule has 166 valence electrons. The summed E-state index contributed by atoms with van der Waals surface area (Å²) in [6, 6.07) is 14.4. The van der Waals surface area contributed by atoms with E-state index in [0.29, 0.717) is 29.0 Å². The van der Waals surface area contributed by atoms with Crippen molar-refractivity contribution in [2.45, 2.75) is 38.5 Å². The zero-order valence-electron chi connectivity index (χ0n) is 18.5. The number of amidine groups is 2. The minimum Gasteiger partial charge on any atom is -0.497 e. The molecule has 0 aliphatic carbocycles. The number of carbonyl (C=O) groups is 2. The predicted octanol–water partition coefficient (Wildman–Crippen LogP) is 4.46. The van der Waals surface area contributed by atoms with Crippen LogP contribution in [0, 0.1) is 5.92 Å². The third-order valence-corrected chi connectivity index (χ3v) is 6.30. The van der Waals surface area contributed by atoms with Crippen LogP contribution in [0.1, 0.15) is 32.8 Å². The molecule has 0 fully saturated rings. The number of fused-ring (bicyclic) bond motifs is 3. The van der Waals surface area contributed by atoms with Gasteiger partial charge in [0.2, 0.25) is 5.91 Å². The summed E-state index contributed by atoms with van der Waals surface area (Å²) >= 11 is 1.26. The second kappa shape index (κ2) is 9.16. The first-order valence-corrected chi connectivity index (χ1v) is 11.5. The largest absolute Gasteiger partial charge is 0.497 e. The zero-order chi connectivity index (χ0) is 22.8. The van der Waals surface area contributed by atoms with Crippen molar-refractivity contribution in [1.82, 2.24) is 4.90 Å². The number of para-hydroxylation sites is 1. The van der Waals surface area contributed by atoms with E-state index in [1.54, 1.807) is 43.2 Å². The minimum atomic E-state index is -0.473. The number of methoxy groups -OCH3 is 1. The second-order valence-corrected chi connectivity index (χ2v) is 9.47. The smallest absolute Gasteiger partial charge is 0.259 e. The molecule has 0 saturated heterocycles. The van der Waals surface area contributed by atoms with Crippen LogP contribution in [-0.2, 0) is 9.59 Å². The van der Waals surface area contributed by atoms with Crippen molar-refractivity contribution >= 4 is 46.0 Å². The molecule has 8 heteroatoms. The maximum atomic E-state index is 13.2. The highest BCUT2D eigenvalue weighted by Crippen LogP contribution is 2.35. The van der Waals surface area contributed by atoms with Crippen LogP contribution in [0.15, 0.2) is 58.5 Å². The second-order valence-electron chi connectivity index (χ2n) is 8.16. The molecule has 0 spiro atoms. The summed E-state index contributed by atoms with van der Waals surface area (Å²) in [5.41, 5.74) is 2.27. The molecule has 2 aromatic carbocycles. The van der Waals surface area contributed by atoms with Crippen LogP contribution in [0.3, 0.4) is 0 Å². The Morgan fingerprint density at radius 2 is 1.88 bits per heavy atom. The Labute approximate surface area is 192 Å². The van der Waals surface area contributed by atoms with Crippen LogP contribution in [0.25, 0.3) is 0 Å². The van der Waals surface area contributed by atoms with Gasteiger partial charge in [0.15, 0.2) is 5.17 Å². The van der Waals surface area contributed by atoms with Gasteiger partial charge in [-0.05, 0) is 55.7 Å². The van der Waals surface area contributed by atoms with Gasteiger partial charge in [0.1, 0.15) is 17.6 Å². The zero-order valence-corrected chi connectivity index (χ0v) is 19.3. The Balaban J connectivity index is 1.55. The molecule has 4 rings (SSSR count). The number of benzene rings is 2. The first-order chi connectivity index (χ1) is 15.4. The van der Waals surface area contributed by atoms with Crippen molar-refractivity contribution in [2.75, 3.05) is 12.4 Å². The standard InChI is InChI=1S/C24H26N4O3S/c1-14(2)13-20-23(30)28-21(26-20)18-7-5-6-8-19(18)27-24(28)32-15(3)22(29)25-16-9-11-17(31-4)12-10-16/h5-12,14-15,20H,13H2,1-4H3,(H,25,29)/t15-,20+/m0/s1. The van der Waals surface area contributed by atoms with Crippen molar-refractivity contribution in [1.29, 1.82) is 0 Å². The number of nitrogens with one attached hydrogen (secondary N) is 1. The van der Waals surface area contributed by atoms with E-state index in [1.807, 2.05) is 24.3 Å². The molecule has 0 aromatic heterocycles. The lowest BCUT2D eigenvalue weighted by Gasteiger charge is -2.27. The molecular formula is C24H26N4O3S. The minimum absolute atomic E-state index is 0.0859. The van der Waals surface area contributed by atoms with Gasteiger partial charge in [0.05, 0.1) is 18.0 Å². The Morgan fingerprint density at radius 1 is 1.16 bits per heavy atom. The van der Waals surface area contributed by atoms with Crippen LogP contribution in [0.2, 0.25) is 0 Å². The maximum absolute atomic E-state index is 13.2. The Kier molecular flexibility index (Phi) is 6.32. The summed E-state index contributed by atoms with van der Waals surface area (Å²) in [5.74, 6) is 1.42. The average molecular weight is 451 g/mol. The van der Waals surface area contributed by atoms with Crippen molar-refractivity contribution in [3.63, 3.8) is 0 Å². The fourth-order valence-corrected chi connectivity index (χ4v) is 4.53. The molecule has 0 unspecified atom stereocenters. The van der Waals surface area contributed by atoms with Gasteiger partial charge in [-0.1, -0.05) is 37.7 Å². The van der Waals surface area contributed by atoms with E-state index in [-0.39, 0.29) is 11.8 Å². The Morgan fingerprint density at radius 3 is 2.56 bits per heavy atom. The molecule has 0 radical (unpaired) electrons. The van der Waals surface area contributed by atoms with Crippen molar-refractivity contribution in [2.24, 2.45) is 15.9 Å². The lowest BCUT2D eigenvalue weighted by atomic mass is 10.0. The summed E-state index contributed by atoms with van der Waals surface area (Å²) < 4.78 is 5.15. The predicted molar refractivity (Wildman–Crippen MR) is 129 cm³/mol. The van der Waals surface area contributed by atoms with E-state index in [0.717, 1.165) is 17.0 Å². The van der Waals surface area contributed by atoms with E-state index < -0.39 is 11.3 Å². The third-order valence-electron chi connectivity index (χ3n) is 5.25. The highest BCUT2D eigenvalue weighted by Gasteiger charge is 2.42. The van der Waals surface area contributed by atoms with E-state index in [1.165, 1.54) is 11.8 Å². The molecule has 2 aliphatic rings. The SMILES string of the molecule is COc1ccc(NC(=O)[C@H](C)SC2=Nc3ccccc3C3=N[C@H](CC(C)C)C(=O)N23)cc1. The van der Waals surface area contributed by atoms with Gasteiger partial charge in [-0.3, -0.25) is 14.6 Å². The number of nitrogens with zero attached hydrogens (tertiary/aromatic N) is 3. The maximum Gasteiger partial charge on any atom is 0.259 e. The van der Waals surface area contributed by atoms with E-state index in [9.17, 15) is 9.59 Å². The summed E-state index contributed by atoms with van der Waals surface area (Å²) in [6.45, 7) is 5.96. The quantitative estimate of drug-likeness (QED) is 0.704.